The first-order valence-corrected chi connectivity index (χ1v) is 9.12. The van der Waals surface area contributed by atoms with Gasteiger partial charge in [-0.1, -0.05) is 40.9 Å². The number of carbonyl (C=O) groups excluding carboxylic acids is 1. The molecule has 0 radical (unpaired) electrons. The molecule has 2 aromatic carbocycles. The normalized spacial score (nSPS) is 15.9. The third-order valence-electron chi connectivity index (χ3n) is 5.09. The fourth-order valence-electron chi connectivity index (χ4n) is 3.85. The summed E-state index contributed by atoms with van der Waals surface area (Å²) in [5, 5.41) is 10.1. The summed E-state index contributed by atoms with van der Waals surface area (Å²) >= 11 is 12.8. The van der Waals surface area contributed by atoms with Crippen LogP contribution in [0.25, 0.3) is 16.7 Å². The van der Waals surface area contributed by atoms with Gasteiger partial charge in [0.25, 0.3) is 0 Å². The van der Waals surface area contributed by atoms with Gasteiger partial charge >= 0.3 is 0 Å². The zero-order valence-corrected chi connectivity index (χ0v) is 15.4. The van der Waals surface area contributed by atoms with Crippen LogP contribution in [0, 0.1) is 5.82 Å². The van der Waals surface area contributed by atoms with Crippen LogP contribution in [0.3, 0.4) is 0 Å². The molecule has 2 aliphatic rings. The van der Waals surface area contributed by atoms with Crippen LogP contribution in [0.5, 0.6) is 0 Å². The molecule has 0 unspecified atom stereocenters. The zero-order chi connectivity index (χ0) is 18.4. The maximum atomic E-state index is 13.8. The predicted molar refractivity (Wildman–Crippen MR) is 101 cm³/mol. The molecule has 6 heteroatoms. The average Bonchev–Trinajstić information content (AvgIpc) is 3.03. The number of fused-ring (bicyclic) bond motifs is 2. The minimum absolute atomic E-state index is 0.294. The Labute approximate surface area is 160 Å². The summed E-state index contributed by atoms with van der Waals surface area (Å²) in [5.41, 5.74) is 5.67. The van der Waals surface area contributed by atoms with E-state index in [-0.39, 0.29) is 11.7 Å². The molecule has 0 fully saturated rings. The van der Waals surface area contributed by atoms with Crippen molar-refractivity contribution in [1.82, 2.24) is 4.90 Å². The van der Waals surface area contributed by atoms with E-state index in [1.807, 2.05) is 6.07 Å². The fraction of sp³-hybridized carbons (Fsp3) is 0.250. The fourth-order valence-corrected chi connectivity index (χ4v) is 4.29. The van der Waals surface area contributed by atoms with Gasteiger partial charge in [0.1, 0.15) is 12.4 Å². The molecule has 1 N–H and O–H groups in total. The highest BCUT2D eigenvalue weighted by atomic mass is 35.5. The minimum Gasteiger partial charge on any atom is -0.387 e. The molecular formula is C20H16Cl2FNO2. The standard InChI is InChI=1S/C20H16Cl2FNO2/c21-17-8-14(11-2-1-3-13(23)6-11)19-15(20(17)22)7-12-4-5-24(9-16(12)19)18(26)10-25/h1-3,6,8,25H,4-5,7,9-10H2. The summed E-state index contributed by atoms with van der Waals surface area (Å²) in [4.78, 5) is 13.6. The third kappa shape index (κ3) is 2.82. The van der Waals surface area contributed by atoms with E-state index in [1.165, 1.54) is 17.7 Å². The second-order valence-electron chi connectivity index (χ2n) is 6.57. The highest BCUT2D eigenvalue weighted by Gasteiger charge is 2.33. The summed E-state index contributed by atoms with van der Waals surface area (Å²) in [6.45, 7) is 0.489. The van der Waals surface area contributed by atoms with Crippen molar-refractivity contribution in [3.63, 3.8) is 0 Å². The smallest absolute Gasteiger partial charge is 0.248 e. The maximum absolute atomic E-state index is 13.8. The van der Waals surface area contributed by atoms with Crippen molar-refractivity contribution in [2.75, 3.05) is 19.7 Å². The van der Waals surface area contributed by atoms with Crippen LogP contribution in [0.4, 0.5) is 4.39 Å². The van der Waals surface area contributed by atoms with E-state index in [0.717, 1.165) is 34.2 Å². The first-order chi connectivity index (χ1) is 12.5. The van der Waals surface area contributed by atoms with Crippen LogP contribution in [0.15, 0.2) is 35.9 Å². The Hall–Kier alpha value is -1.88. The Balaban J connectivity index is 1.88. The molecule has 1 aliphatic carbocycles. The number of aliphatic hydroxyl groups is 1. The van der Waals surface area contributed by atoms with Crippen LogP contribution in [0.1, 0.15) is 17.5 Å². The van der Waals surface area contributed by atoms with E-state index >= 15 is 0 Å². The van der Waals surface area contributed by atoms with Gasteiger partial charge < -0.3 is 10.0 Å². The van der Waals surface area contributed by atoms with Crippen molar-refractivity contribution in [3.05, 3.63) is 62.9 Å². The molecular weight excluding hydrogens is 376 g/mol. The van der Waals surface area contributed by atoms with Crippen molar-refractivity contribution >= 4 is 34.7 Å². The number of rotatable bonds is 2. The molecule has 0 saturated heterocycles. The number of aliphatic hydroxyl groups excluding tert-OH is 1. The van der Waals surface area contributed by atoms with Crippen LogP contribution in [-0.4, -0.2) is 35.6 Å². The van der Waals surface area contributed by atoms with Crippen molar-refractivity contribution in [2.45, 2.75) is 12.8 Å². The SMILES string of the molecule is O=C(CO)N1CCC2=C(C1)c1c(-c3cccc(F)c3)cc(Cl)c(Cl)c1C2. The molecule has 0 atom stereocenters. The number of hydrogen-bond donors (Lipinski definition) is 1. The number of hydrogen-bond acceptors (Lipinski definition) is 2. The second-order valence-corrected chi connectivity index (χ2v) is 7.35. The van der Waals surface area contributed by atoms with Crippen molar-refractivity contribution in [1.29, 1.82) is 0 Å². The van der Waals surface area contributed by atoms with E-state index in [9.17, 15) is 14.3 Å². The Morgan fingerprint density at radius 1 is 1.27 bits per heavy atom. The Kier molecular flexibility index (Phi) is 4.51. The van der Waals surface area contributed by atoms with Crippen molar-refractivity contribution < 1.29 is 14.3 Å². The molecule has 134 valence electrons. The summed E-state index contributed by atoms with van der Waals surface area (Å²) in [6, 6.07) is 8.12. The predicted octanol–water partition coefficient (Wildman–Crippen LogP) is 4.33. The Bertz CT molecular complexity index is 955. The summed E-state index contributed by atoms with van der Waals surface area (Å²) in [6.07, 6.45) is 1.42. The number of carbonyl (C=O) groups is 1. The van der Waals surface area contributed by atoms with E-state index in [1.54, 1.807) is 17.0 Å². The van der Waals surface area contributed by atoms with E-state index in [0.29, 0.717) is 29.6 Å². The van der Waals surface area contributed by atoms with Gasteiger partial charge in [-0.25, -0.2) is 4.39 Å². The number of amides is 1. The largest absolute Gasteiger partial charge is 0.387 e. The van der Waals surface area contributed by atoms with Gasteiger partial charge in [-0.2, -0.15) is 0 Å². The summed E-state index contributed by atoms with van der Waals surface area (Å²) in [5.74, 6) is -0.618. The quantitative estimate of drug-likeness (QED) is 0.827. The lowest BCUT2D eigenvalue weighted by atomic mass is 9.92. The number of benzene rings is 2. The lowest BCUT2D eigenvalue weighted by Gasteiger charge is -2.29. The van der Waals surface area contributed by atoms with Crippen LogP contribution < -0.4 is 0 Å². The van der Waals surface area contributed by atoms with E-state index in [4.69, 9.17) is 23.2 Å². The monoisotopic (exact) mass is 391 g/mol. The molecule has 2 aromatic rings. The zero-order valence-electron chi connectivity index (χ0n) is 13.9. The molecule has 3 nitrogen and oxygen atoms in total. The topological polar surface area (TPSA) is 40.5 Å². The van der Waals surface area contributed by atoms with E-state index in [2.05, 4.69) is 0 Å². The summed E-state index contributed by atoms with van der Waals surface area (Å²) < 4.78 is 13.8. The maximum Gasteiger partial charge on any atom is 0.248 e. The molecule has 0 spiro atoms. The summed E-state index contributed by atoms with van der Waals surface area (Å²) in [7, 11) is 0. The van der Waals surface area contributed by atoms with Gasteiger partial charge in [-0.05, 0) is 58.9 Å². The van der Waals surface area contributed by atoms with Gasteiger partial charge in [0, 0.05) is 13.1 Å². The minimum atomic E-state index is -0.506. The molecule has 0 bridgehead atoms. The van der Waals surface area contributed by atoms with Crippen molar-refractivity contribution in [2.24, 2.45) is 0 Å². The number of nitrogens with zero attached hydrogens (tertiary/aromatic N) is 1. The average molecular weight is 392 g/mol. The Morgan fingerprint density at radius 2 is 2.08 bits per heavy atom. The van der Waals surface area contributed by atoms with Crippen LogP contribution in [0.2, 0.25) is 10.0 Å². The van der Waals surface area contributed by atoms with E-state index < -0.39 is 6.61 Å². The Morgan fingerprint density at radius 3 is 2.81 bits per heavy atom. The van der Waals surface area contributed by atoms with Gasteiger partial charge in [0.2, 0.25) is 5.91 Å². The molecule has 4 rings (SSSR count). The first-order valence-electron chi connectivity index (χ1n) is 8.36. The van der Waals surface area contributed by atoms with Gasteiger partial charge in [0.15, 0.2) is 0 Å². The molecule has 1 aliphatic heterocycles. The molecule has 1 amide bonds. The lowest BCUT2D eigenvalue weighted by Crippen LogP contribution is -2.37. The van der Waals surface area contributed by atoms with Crippen LogP contribution >= 0.6 is 23.2 Å². The van der Waals surface area contributed by atoms with Crippen molar-refractivity contribution in [3.8, 4) is 11.1 Å². The first kappa shape index (κ1) is 17.5. The molecule has 0 aromatic heterocycles. The highest BCUT2D eigenvalue weighted by molar-refractivity contribution is 6.43. The number of halogens is 3. The molecule has 1 heterocycles. The second kappa shape index (κ2) is 6.69. The third-order valence-corrected chi connectivity index (χ3v) is 5.92. The lowest BCUT2D eigenvalue weighted by molar-refractivity contribution is -0.133. The van der Waals surface area contributed by atoms with Gasteiger partial charge in [-0.3, -0.25) is 4.79 Å². The highest BCUT2D eigenvalue weighted by Crippen LogP contribution is 2.47. The van der Waals surface area contributed by atoms with Gasteiger partial charge in [-0.15, -0.1) is 0 Å². The van der Waals surface area contributed by atoms with Gasteiger partial charge in [0.05, 0.1) is 10.0 Å². The molecule has 0 saturated carbocycles. The molecule has 26 heavy (non-hydrogen) atoms. The van der Waals surface area contributed by atoms with Crippen LogP contribution in [-0.2, 0) is 11.2 Å².